The molecule has 0 fully saturated rings. The predicted molar refractivity (Wildman–Crippen MR) is 119 cm³/mol. The van der Waals surface area contributed by atoms with Crippen molar-refractivity contribution in [2.45, 2.75) is 25.0 Å². The summed E-state index contributed by atoms with van der Waals surface area (Å²) in [5, 5.41) is 11.5. The van der Waals surface area contributed by atoms with Gasteiger partial charge in [0.05, 0.1) is 23.2 Å². The molecule has 1 atom stereocenters. The second-order valence-electron chi connectivity index (χ2n) is 7.42. The Hall–Kier alpha value is -3.40. The summed E-state index contributed by atoms with van der Waals surface area (Å²) in [6.07, 6.45) is 0. The van der Waals surface area contributed by atoms with Crippen molar-refractivity contribution in [3.8, 4) is 5.75 Å². The minimum atomic E-state index is -0.487. The monoisotopic (exact) mass is 455 g/mol. The van der Waals surface area contributed by atoms with Crippen LogP contribution in [-0.2, 0) is 16.6 Å². The van der Waals surface area contributed by atoms with Crippen LogP contribution in [0, 0.1) is 12.7 Å². The summed E-state index contributed by atoms with van der Waals surface area (Å²) in [5.41, 5.74) is 1.67. The molecule has 0 saturated heterocycles. The molecule has 2 amide bonds. The molecule has 1 unspecified atom stereocenters. The highest BCUT2D eigenvalue weighted by atomic mass is 32.2. The first kappa shape index (κ1) is 21.8. The lowest BCUT2D eigenvalue weighted by Gasteiger charge is -2.33. The van der Waals surface area contributed by atoms with Crippen LogP contribution >= 0.6 is 11.8 Å². The highest BCUT2D eigenvalue weighted by Gasteiger charge is 2.32. The van der Waals surface area contributed by atoms with Crippen molar-refractivity contribution in [1.29, 1.82) is 0 Å². The molecule has 2 aromatic carbocycles. The number of amides is 2. The van der Waals surface area contributed by atoms with Crippen LogP contribution in [0.4, 0.5) is 15.8 Å². The van der Waals surface area contributed by atoms with E-state index in [0.717, 1.165) is 5.56 Å². The van der Waals surface area contributed by atoms with E-state index in [1.807, 2.05) is 38.1 Å². The second kappa shape index (κ2) is 8.99. The van der Waals surface area contributed by atoms with Crippen molar-refractivity contribution in [3.05, 3.63) is 59.7 Å². The van der Waals surface area contributed by atoms with Gasteiger partial charge in [-0.25, -0.2) is 4.39 Å². The van der Waals surface area contributed by atoms with Gasteiger partial charge in [-0.3, -0.25) is 14.5 Å². The number of fused-ring (bicyclic) bond motifs is 1. The summed E-state index contributed by atoms with van der Waals surface area (Å²) in [7, 11) is 1.78. The molecule has 32 heavy (non-hydrogen) atoms. The molecule has 0 spiro atoms. The Morgan fingerprint density at radius 1 is 1.28 bits per heavy atom. The lowest BCUT2D eigenvalue weighted by Crippen LogP contribution is -2.41. The van der Waals surface area contributed by atoms with E-state index < -0.39 is 11.9 Å². The number of anilines is 2. The smallest absolute Gasteiger partial charge is 0.265 e. The van der Waals surface area contributed by atoms with E-state index in [2.05, 4.69) is 15.5 Å². The summed E-state index contributed by atoms with van der Waals surface area (Å²) in [5.74, 6) is 0.229. The van der Waals surface area contributed by atoms with Crippen LogP contribution in [-0.4, -0.2) is 38.9 Å². The first-order valence-electron chi connectivity index (χ1n) is 9.97. The zero-order valence-electron chi connectivity index (χ0n) is 17.8. The molecule has 0 aliphatic carbocycles. The Kier molecular flexibility index (Phi) is 6.13. The molecular formula is C22H22FN5O3S. The van der Waals surface area contributed by atoms with Gasteiger partial charge in [-0.05, 0) is 43.7 Å². The van der Waals surface area contributed by atoms with Crippen molar-refractivity contribution in [1.82, 2.24) is 14.8 Å². The minimum absolute atomic E-state index is 0.0348. The maximum absolute atomic E-state index is 13.9. The number of hydrogen-bond acceptors (Lipinski definition) is 6. The van der Waals surface area contributed by atoms with Gasteiger partial charge in [-0.1, -0.05) is 30.0 Å². The Labute approximate surface area is 188 Å². The van der Waals surface area contributed by atoms with E-state index in [9.17, 15) is 14.0 Å². The molecule has 1 N–H and O–H groups in total. The van der Waals surface area contributed by atoms with E-state index in [4.69, 9.17) is 4.74 Å². The number of halogens is 1. The molecule has 8 nitrogen and oxygen atoms in total. The third-order valence-electron chi connectivity index (χ3n) is 5.10. The van der Waals surface area contributed by atoms with Crippen LogP contribution < -0.4 is 15.0 Å². The van der Waals surface area contributed by atoms with Crippen molar-refractivity contribution >= 4 is 35.0 Å². The van der Waals surface area contributed by atoms with Crippen molar-refractivity contribution in [2.24, 2.45) is 7.05 Å². The normalized spacial score (nSPS) is 14.0. The largest absolute Gasteiger partial charge is 0.482 e. The van der Waals surface area contributed by atoms with Gasteiger partial charge in [-0.15, -0.1) is 10.2 Å². The van der Waals surface area contributed by atoms with Crippen molar-refractivity contribution in [2.75, 3.05) is 22.6 Å². The summed E-state index contributed by atoms with van der Waals surface area (Å²) < 4.78 is 21.1. The molecule has 1 aliphatic heterocycles. The number of thioether (sulfide) groups is 1. The van der Waals surface area contributed by atoms with E-state index in [1.54, 1.807) is 28.6 Å². The van der Waals surface area contributed by atoms with E-state index in [-0.39, 0.29) is 29.9 Å². The molecule has 3 aromatic rings. The van der Waals surface area contributed by atoms with Crippen molar-refractivity contribution in [3.63, 3.8) is 0 Å². The average molecular weight is 456 g/mol. The highest BCUT2D eigenvalue weighted by molar-refractivity contribution is 7.99. The SMILES string of the molecule is Cc1ccc(F)c(NC(=O)CSc2nnc(C(C)N3C(=O)COc4ccccc43)n2C)c1. The van der Waals surface area contributed by atoms with E-state index >= 15 is 0 Å². The summed E-state index contributed by atoms with van der Waals surface area (Å²) in [4.78, 5) is 26.5. The van der Waals surface area contributed by atoms with Crippen LogP contribution in [0.15, 0.2) is 47.6 Å². The quantitative estimate of drug-likeness (QED) is 0.573. The molecule has 4 rings (SSSR count). The number of aryl methyl sites for hydroxylation is 1. The van der Waals surface area contributed by atoms with Gasteiger partial charge >= 0.3 is 0 Å². The zero-order valence-corrected chi connectivity index (χ0v) is 18.6. The Balaban J connectivity index is 1.46. The number of aromatic nitrogens is 3. The fraction of sp³-hybridized carbons (Fsp3) is 0.273. The average Bonchev–Trinajstić information content (AvgIpc) is 3.14. The summed E-state index contributed by atoms with van der Waals surface area (Å²) in [6.45, 7) is 3.64. The second-order valence-corrected chi connectivity index (χ2v) is 8.36. The maximum Gasteiger partial charge on any atom is 0.265 e. The lowest BCUT2D eigenvalue weighted by atomic mass is 10.1. The third-order valence-corrected chi connectivity index (χ3v) is 6.12. The molecule has 10 heteroatoms. The Morgan fingerprint density at radius 3 is 2.88 bits per heavy atom. The minimum Gasteiger partial charge on any atom is -0.482 e. The van der Waals surface area contributed by atoms with Crippen LogP contribution in [0.25, 0.3) is 0 Å². The standard InChI is InChI=1S/C22H22FN5O3S/c1-13-8-9-15(23)16(10-13)24-19(29)12-32-22-26-25-21(27(22)3)14(2)28-17-6-4-5-7-18(17)31-11-20(28)30/h4-10,14H,11-12H2,1-3H3,(H,24,29). The van der Waals surface area contributed by atoms with Gasteiger partial charge in [0.2, 0.25) is 5.91 Å². The van der Waals surface area contributed by atoms with Crippen molar-refractivity contribution < 1.29 is 18.7 Å². The lowest BCUT2D eigenvalue weighted by molar-refractivity contribution is -0.121. The Morgan fingerprint density at radius 2 is 2.06 bits per heavy atom. The molecule has 1 aromatic heterocycles. The number of carbonyl (C=O) groups excluding carboxylic acids is 2. The van der Waals surface area contributed by atoms with Gasteiger partial charge in [-0.2, -0.15) is 0 Å². The predicted octanol–water partition coefficient (Wildman–Crippen LogP) is 3.48. The van der Waals surface area contributed by atoms with Gasteiger partial charge in [0.1, 0.15) is 11.6 Å². The molecule has 0 bridgehead atoms. The molecule has 0 saturated carbocycles. The highest BCUT2D eigenvalue weighted by Crippen LogP contribution is 2.37. The van der Waals surface area contributed by atoms with Gasteiger partial charge in [0, 0.05) is 7.05 Å². The van der Waals surface area contributed by atoms with Crippen LogP contribution in [0.3, 0.4) is 0 Å². The van der Waals surface area contributed by atoms with Gasteiger partial charge < -0.3 is 14.6 Å². The fourth-order valence-corrected chi connectivity index (χ4v) is 4.25. The van der Waals surface area contributed by atoms with Crippen LogP contribution in [0.1, 0.15) is 24.4 Å². The molecular weight excluding hydrogens is 433 g/mol. The molecule has 1 aliphatic rings. The van der Waals surface area contributed by atoms with E-state index in [0.29, 0.717) is 22.4 Å². The van der Waals surface area contributed by atoms with E-state index in [1.165, 1.54) is 17.8 Å². The first-order chi connectivity index (χ1) is 15.3. The summed E-state index contributed by atoms with van der Waals surface area (Å²) >= 11 is 1.18. The Bertz CT molecular complexity index is 1180. The number of carbonyl (C=O) groups is 2. The number of ether oxygens (including phenoxy) is 1. The van der Waals surface area contributed by atoms with Crippen LogP contribution in [0.2, 0.25) is 0 Å². The molecule has 166 valence electrons. The maximum atomic E-state index is 13.9. The summed E-state index contributed by atoms with van der Waals surface area (Å²) in [6, 6.07) is 11.5. The number of benzene rings is 2. The number of nitrogens with one attached hydrogen (secondary N) is 1. The third kappa shape index (κ3) is 4.31. The fourth-order valence-electron chi connectivity index (χ4n) is 3.53. The molecule has 0 radical (unpaired) electrons. The number of nitrogens with zero attached hydrogens (tertiary/aromatic N) is 4. The molecule has 2 heterocycles. The zero-order chi connectivity index (χ0) is 22.8. The number of para-hydroxylation sites is 2. The topological polar surface area (TPSA) is 89.3 Å². The number of rotatable bonds is 6. The van der Waals surface area contributed by atoms with Gasteiger partial charge in [0.15, 0.2) is 17.6 Å². The van der Waals surface area contributed by atoms with Crippen LogP contribution in [0.5, 0.6) is 5.75 Å². The van der Waals surface area contributed by atoms with Gasteiger partial charge in [0.25, 0.3) is 5.91 Å². The number of hydrogen-bond donors (Lipinski definition) is 1. The first-order valence-corrected chi connectivity index (χ1v) is 11.0.